The van der Waals surface area contributed by atoms with Crippen LogP contribution in [-0.2, 0) is 15.7 Å². The normalized spacial score (nSPS) is 15.9. The molecule has 2 aromatic rings. The Hall–Kier alpha value is -2.95. The number of aliphatic hydroxyl groups is 1. The number of hydrazine groups is 1. The number of halogens is 3. The van der Waals surface area contributed by atoms with E-state index in [9.17, 15) is 27.9 Å². The molecule has 0 spiro atoms. The third-order valence-corrected chi connectivity index (χ3v) is 4.78. The molecular formula is C21H22F3N3O4. The summed E-state index contributed by atoms with van der Waals surface area (Å²) in [6.45, 7) is 1.38. The predicted molar refractivity (Wildman–Crippen MR) is 106 cm³/mol. The molecule has 2 amide bonds. The first-order valence-corrected chi connectivity index (χ1v) is 9.60. The number of alkyl halides is 3. The van der Waals surface area contributed by atoms with Crippen molar-refractivity contribution in [3.63, 3.8) is 0 Å². The minimum absolute atomic E-state index is 0.244. The van der Waals surface area contributed by atoms with Crippen molar-refractivity contribution in [1.82, 2.24) is 15.8 Å². The maximum Gasteiger partial charge on any atom is 0.416 e. The zero-order valence-electron chi connectivity index (χ0n) is 16.5. The Balaban J connectivity index is 1.61. The van der Waals surface area contributed by atoms with E-state index in [1.54, 1.807) is 17.1 Å². The van der Waals surface area contributed by atoms with E-state index in [1.165, 1.54) is 24.3 Å². The number of carbonyl (C=O) groups excluding carboxylic acids is 2. The molecule has 3 rings (SSSR count). The van der Waals surface area contributed by atoms with Crippen molar-refractivity contribution < 1.29 is 32.6 Å². The third-order valence-electron chi connectivity index (χ3n) is 4.78. The van der Waals surface area contributed by atoms with Crippen LogP contribution in [0.2, 0.25) is 0 Å². The van der Waals surface area contributed by atoms with Gasteiger partial charge in [-0.25, -0.2) is 5.01 Å². The fourth-order valence-corrected chi connectivity index (χ4v) is 3.01. The van der Waals surface area contributed by atoms with Crippen LogP contribution in [-0.4, -0.2) is 60.9 Å². The van der Waals surface area contributed by atoms with Crippen molar-refractivity contribution in [2.45, 2.75) is 12.2 Å². The van der Waals surface area contributed by atoms with Crippen LogP contribution in [0.3, 0.4) is 0 Å². The van der Waals surface area contributed by atoms with Gasteiger partial charge in [-0.2, -0.15) is 13.2 Å². The minimum Gasteiger partial charge on any atom is -0.394 e. The van der Waals surface area contributed by atoms with Crippen LogP contribution in [0, 0.1) is 0 Å². The molecule has 1 aliphatic rings. The van der Waals surface area contributed by atoms with E-state index in [0.717, 1.165) is 12.1 Å². The van der Waals surface area contributed by atoms with E-state index in [4.69, 9.17) is 4.74 Å². The number of rotatable bonds is 6. The molecule has 31 heavy (non-hydrogen) atoms. The maximum atomic E-state index is 12.7. The Bertz CT molecular complexity index is 896. The quantitative estimate of drug-likeness (QED) is 0.642. The first-order valence-electron chi connectivity index (χ1n) is 9.60. The largest absolute Gasteiger partial charge is 0.416 e. The van der Waals surface area contributed by atoms with Gasteiger partial charge in [0.05, 0.1) is 25.4 Å². The van der Waals surface area contributed by atoms with Gasteiger partial charge < -0.3 is 15.2 Å². The van der Waals surface area contributed by atoms with Gasteiger partial charge in [-0.05, 0) is 35.4 Å². The lowest BCUT2D eigenvalue weighted by Crippen LogP contribution is -2.56. The van der Waals surface area contributed by atoms with Crippen LogP contribution in [0.1, 0.15) is 15.9 Å². The zero-order chi connectivity index (χ0) is 22.4. The van der Waals surface area contributed by atoms with Crippen LogP contribution in [0.25, 0.3) is 11.1 Å². The second-order valence-electron chi connectivity index (χ2n) is 6.94. The number of nitrogens with one attached hydrogen (secondary N) is 2. The molecule has 0 radical (unpaired) electrons. The average molecular weight is 437 g/mol. The smallest absolute Gasteiger partial charge is 0.394 e. The van der Waals surface area contributed by atoms with Crippen molar-refractivity contribution in [2.75, 3.05) is 32.9 Å². The maximum absolute atomic E-state index is 12.7. The summed E-state index contributed by atoms with van der Waals surface area (Å²) in [4.78, 5) is 24.8. The molecule has 0 aromatic heterocycles. The Labute approximate surface area is 176 Å². The highest BCUT2D eigenvalue weighted by Crippen LogP contribution is 2.31. The number of amides is 2. The minimum atomic E-state index is -4.40. The number of aliphatic hydroxyl groups excluding tert-OH is 1. The van der Waals surface area contributed by atoms with Crippen molar-refractivity contribution in [3.05, 3.63) is 59.7 Å². The molecule has 0 saturated carbocycles. The molecule has 1 atom stereocenters. The molecule has 10 heteroatoms. The van der Waals surface area contributed by atoms with Gasteiger partial charge in [0, 0.05) is 18.7 Å². The molecule has 1 saturated heterocycles. The summed E-state index contributed by atoms with van der Waals surface area (Å²) in [5.74, 6) is -1.10. The zero-order valence-corrected chi connectivity index (χ0v) is 16.5. The van der Waals surface area contributed by atoms with E-state index in [1.807, 2.05) is 0 Å². The van der Waals surface area contributed by atoms with Crippen LogP contribution < -0.4 is 10.7 Å². The highest BCUT2D eigenvalue weighted by molar-refractivity contribution is 5.97. The monoisotopic (exact) mass is 437 g/mol. The molecule has 166 valence electrons. The fourth-order valence-electron chi connectivity index (χ4n) is 3.01. The third kappa shape index (κ3) is 6.03. The Morgan fingerprint density at radius 2 is 1.55 bits per heavy atom. The highest BCUT2D eigenvalue weighted by Gasteiger charge is 2.30. The molecule has 1 fully saturated rings. The topological polar surface area (TPSA) is 90.9 Å². The van der Waals surface area contributed by atoms with Crippen molar-refractivity contribution in [2.24, 2.45) is 0 Å². The van der Waals surface area contributed by atoms with E-state index < -0.39 is 36.2 Å². The molecule has 0 unspecified atom stereocenters. The summed E-state index contributed by atoms with van der Waals surface area (Å²) in [5.41, 5.74) is 3.34. The fraction of sp³-hybridized carbons (Fsp3) is 0.333. The summed E-state index contributed by atoms with van der Waals surface area (Å²) < 4.78 is 43.3. The lowest BCUT2D eigenvalue weighted by atomic mass is 10.0. The molecule has 0 bridgehead atoms. The first kappa shape index (κ1) is 22.7. The van der Waals surface area contributed by atoms with E-state index >= 15 is 0 Å². The van der Waals surface area contributed by atoms with Gasteiger partial charge in [-0.3, -0.25) is 15.0 Å². The second-order valence-corrected chi connectivity index (χ2v) is 6.94. The summed E-state index contributed by atoms with van der Waals surface area (Å²) >= 11 is 0. The summed E-state index contributed by atoms with van der Waals surface area (Å²) in [7, 11) is 0. The number of ether oxygens (including phenoxy) is 1. The van der Waals surface area contributed by atoms with Crippen molar-refractivity contribution >= 4 is 11.8 Å². The molecular weight excluding hydrogens is 415 g/mol. The summed E-state index contributed by atoms with van der Waals surface area (Å²) in [6, 6.07) is 9.76. The molecule has 3 N–H and O–H groups in total. The van der Waals surface area contributed by atoms with E-state index in [-0.39, 0.29) is 5.56 Å². The van der Waals surface area contributed by atoms with E-state index in [2.05, 4.69) is 10.7 Å². The lowest BCUT2D eigenvalue weighted by molar-refractivity contribution is -0.137. The molecule has 2 aromatic carbocycles. The van der Waals surface area contributed by atoms with Gasteiger partial charge in [0.2, 0.25) is 0 Å². The highest BCUT2D eigenvalue weighted by atomic mass is 19.4. The van der Waals surface area contributed by atoms with Crippen LogP contribution in [0.4, 0.5) is 13.2 Å². The molecule has 1 aliphatic heterocycles. The standard InChI is InChI=1S/C21H22F3N3O4/c22-21(23,24)17-7-5-15(6-8-17)14-1-3-16(4-2-14)19(29)25-18(13-28)20(30)26-27-9-11-31-12-10-27/h1-8,18,28H,9-13H2,(H,25,29)(H,26,30)/t18-/m0/s1. The second kappa shape index (κ2) is 9.90. The number of hydrogen-bond acceptors (Lipinski definition) is 5. The molecule has 7 nitrogen and oxygen atoms in total. The van der Waals surface area contributed by atoms with Crippen LogP contribution in [0.15, 0.2) is 48.5 Å². The first-order chi connectivity index (χ1) is 14.8. The van der Waals surface area contributed by atoms with Crippen LogP contribution in [0.5, 0.6) is 0 Å². The predicted octanol–water partition coefficient (Wildman–Crippen LogP) is 1.83. The van der Waals surface area contributed by atoms with E-state index in [0.29, 0.717) is 37.4 Å². The number of nitrogens with zero attached hydrogens (tertiary/aromatic N) is 1. The lowest BCUT2D eigenvalue weighted by Gasteiger charge is -2.28. The Kier molecular flexibility index (Phi) is 7.26. The molecule has 1 heterocycles. The SMILES string of the molecule is O=C(N[C@@H](CO)C(=O)NN1CCOCC1)c1ccc(-c2ccc(C(F)(F)F)cc2)cc1. The summed E-state index contributed by atoms with van der Waals surface area (Å²) in [5, 5.41) is 13.6. The Morgan fingerprint density at radius 3 is 2.06 bits per heavy atom. The van der Waals surface area contributed by atoms with Gasteiger partial charge in [0.25, 0.3) is 11.8 Å². The van der Waals surface area contributed by atoms with Crippen molar-refractivity contribution in [3.8, 4) is 11.1 Å². The number of hydrogen-bond donors (Lipinski definition) is 3. The van der Waals surface area contributed by atoms with Crippen LogP contribution >= 0.6 is 0 Å². The number of benzene rings is 2. The van der Waals surface area contributed by atoms with Crippen molar-refractivity contribution in [1.29, 1.82) is 0 Å². The van der Waals surface area contributed by atoms with Gasteiger partial charge in [-0.15, -0.1) is 0 Å². The molecule has 0 aliphatic carbocycles. The Morgan fingerprint density at radius 1 is 1.00 bits per heavy atom. The average Bonchev–Trinajstić information content (AvgIpc) is 2.77. The van der Waals surface area contributed by atoms with Gasteiger partial charge >= 0.3 is 6.18 Å². The van der Waals surface area contributed by atoms with Gasteiger partial charge in [0.15, 0.2) is 0 Å². The summed E-state index contributed by atoms with van der Waals surface area (Å²) in [6.07, 6.45) is -4.40. The van der Waals surface area contributed by atoms with Gasteiger partial charge in [0.1, 0.15) is 6.04 Å². The number of carbonyl (C=O) groups is 2. The van der Waals surface area contributed by atoms with Gasteiger partial charge in [-0.1, -0.05) is 24.3 Å². The number of morpholine rings is 1.